The van der Waals surface area contributed by atoms with Gasteiger partial charge in [-0.15, -0.1) is 0 Å². The Hall–Kier alpha value is -3.96. The van der Waals surface area contributed by atoms with Crippen LogP contribution in [0.4, 0.5) is 11.4 Å². The van der Waals surface area contributed by atoms with Gasteiger partial charge in [-0.2, -0.15) is 5.10 Å². The van der Waals surface area contributed by atoms with Crippen molar-refractivity contribution in [2.75, 3.05) is 18.0 Å². The number of benzene rings is 3. The summed E-state index contributed by atoms with van der Waals surface area (Å²) in [7, 11) is -2.80. The summed E-state index contributed by atoms with van der Waals surface area (Å²) in [4.78, 5) is 23.2. The fourth-order valence-electron chi connectivity index (χ4n) is 3.15. The van der Waals surface area contributed by atoms with E-state index in [-0.39, 0.29) is 22.0 Å². The number of ether oxygens (including phenoxy) is 1. The fourth-order valence-corrected chi connectivity index (χ4v) is 4.81. The molecule has 0 aliphatic heterocycles. The first-order valence-corrected chi connectivity index (χ1v) is 11.9. The Kier molecular flexibility index (Phi) is 8.05. The Morgan fingerprint density at radius 1 is 1.17 bits per heavy atom. The monoisotopic (exact) mass is 516 g/mol. The van der Waals surface area contributed by atoms with Crippen LogP contribution in [0.5, 0.6) is 5.75 Å². The Bertz CT molecular complexity index is 1380. The molecule has 1 N–H and O–H groups in total. The quantitative estimate of drug-likeness (QED) is 0.260. The first-order valence-electron chi connectivity index (χ1n) is 10.1. The molecule has 0 radical (unpaired) electrons. The van der Waals surface area contributed by atoms with Crippen molar-refractivity contribution >= 4 is 45.1 Å². The van der Waals surface area contributed by atoms with Gasteiger partial charge in [0, 0.05) is 16.7 Å². The van der Waals surface area contributed by atoms with E-state index in [4.69, 9.17) is 16.3 Å². The van der Waals surface area contributed by atoms with Crippen LogP contribution in [-0.4, -0.2) is 39.1 Å². The highest BCUT2D eigenvalue weighted by molar-refractivity contribution is 7.92. The number of methoxy groups -OCH3 is 1. The summed E-state index contributed by atoms with van der Waals surface area (Å²) in [5.74, 6) is -0.655. The molecule has 0 atom stereocenters. The zero-order chi connectivity index (χ0) is 25.6. The molecule has 1 amide bonds. The normalized spacial score (nSPS) is 11.3. The maximum absolute atomic E-state index is 13.4. The van der Waals surface area contributed by atoms with Crippen LogP contribution in [0.25, 0.3) is 0 Å². The molecule has 0 saturated heterocycles. The summed E-state index contributed by atoms with van der Waals surface area (Å²) >= 11 is 6.10. The number of halogens is 1. The van der Waals surface area contributed by atoms with E-state index in [0.717, 1.165) is 4.31 Å². The van der Waals surface area contributed by atoms with Gasteiger partial charge < -0.3 is 4.74 Å². The molecule has 0 aliphatic rings. The molecule has 0 spiro atoms. The van der Waals surface area contributed by atoms with Crippen LogP contribution in [0.3, 0.4) is 0 Å². The number of nitrogens with zero attached hydrogens (tertiary/aromatic N) is 3. The van der Waals surface area contributed by atoms with Crippen LogP contribution in [0.2, 0.25) is 5.02 Å². The predicted molar refractivity (Wildman–Crippen MR) is 133 cm³/mol. The molecule has 3 aromatic carbocycles. The van der Waals surface area contributed by atoms with Crippen LogP contribution < -0.4 is 14.5 Å². The minimum absolute atomic E-state index is 0.00113. The van der Waals surface area contributed by atoms with E-state index in [1.54, 1.807) is 37.3 Å². The molecule has 3 aromatic rings. The van der Waals surface area contributed by atoms with Gasteiger partial charge in [-0.05, 0) is 48.9 Å². The van der Waals surface area contributed by atoms with Crippen LogP contribution in [-0.2, 0) is 14.8 Å². The maximum atomic E-state index is 13.4. The van der Waals surface area contributed by atoms with E-state index >= 15 is 0 Å². The molecule has 0 aromatic heterocycles. The topological polar surface area (TPSA) is 131 Å². The zero-order valence-corrected chi connectivity index (χ0v) is 20.3. The number of carbonyl (C=O) groups excluding carboxylic acids is 1. The molecule has 0 unspecified atom stereocenters. The smallest absolute Gasteiger partial charge is 0.311 e. The number of anilines is 1. The maximum Gasteiger partial charge on any atom is 0.311 e. The lowest BCUT2D eigenvalue weighted by molar-refractivity contribution is -0.385. The molecule has 0 aliphatic carbocycles. The van der Waals surface area contributed by atoms with Crippen molar-refractivity contribution in [1.82, 2.24) is 5.43 Å². The summed E-state index contributed by atoms with van der Waals surface area (Å²) in [6.07, 6.45) is 1.20. The highest BCUT2D eigenvalue weighted by Crippen LogP contribution is 2.29. The predicted octanol–water partition coefficient (Wildman–Crippen LogP) is 3.91. The van der Waals surface area contributed by atoms with Crippen molar-refractivity contribution < 1.29 is 22.9 Å². The molecule has 3 rings (SSSR count). The van der Waals surface area contributed by atoms with Crippen LogP contribution >= 0.6 is 11.6 Å². The minimum Gasteiger partial charge on any atom is -0.490 e. The molecule has 10 nitrogen and oxygen atoms in total. The number of hydrogen-bond donors (Lipinski definition) is 1. The van der Waals surface area contributed by atoms with Crippen LogP contribution in [0.1, 0.15) is 11.1 Å². The number of hydrogen-bond acceptors (Lipinski definition) is 7. The van der Waals surface area contributed by atoms with Crippen molar-refractivity contribution in [3.63, 3.8) is 0 Å². The van der Waals surface area contributed by atoms with Gasteiger partial charge in [0.15, 0.2) is 5.75 Å². The van der Waals surface area contributed by atoms with Crippen LogP contribution in [0.15, 0.2) is 76.7 Å². The van der Waals surface area contributed by atoms with Gasteiger partial charge in [0.2, 0.25) is 0 Å². The number of sulfonamides is 1. The zero-order valence-electron chi connectivity index (χ0n) is 18.7. The Morgan fingerprint density at radius 3 is 2.54 bits per heavy atom. The third-order valence-corrected chi connectivity index (χ3v) is 6.87. The number of nitro groups is 1. The lowest BCUT2D eigenvalue weighted by Crippen LogP contribution is -2.40. The van der Waals surface area contributed by atoms with E-state index in [2.05, 4.69) is 10.5 Å². The largest absolute Gasteiger partial charge is 0.490 e. The third kappa shape index (κ3) is 6.14. The van der Waals surface area contributed by atoms with Crippen molar-refractivity contribution in [2.45, 2.75) is 11.8 Å². The molecule has 35 heavy (non-hydrogen) atoms. The number of carbonyl (C=O) groups is 1. The first-order chi connectivity index (χ1) is 16.6. The average Bonchev–Trinajstić information content (AvgIpc) is 2.84. The number of nitrogens with one attached hydrogen (secondary N) is 1. The summed E-state index contributed by atoms with van der Waals surface area (Å²) < 4.78 is 32.7. The lowest BCUT2D eigenvalue weighted by atomic mass is 10.2. The van der Waals surface area contributed by atoms with E-state index in [0.29, 0.717) is 16.1 Å². The van der Waals surface area contributed by atoms with Gasteiger partial charge in [-0.25, -0.2) is 13.8 Å². The number of hydrazone groups is 1. The average molecular weight is 517 g/mol. The minimum atomic E-state index is -4.12. The summed E-state index contributed by atoms with van der Waals surface area (Å²) in [5, 5.41) is 15.3. The van der Waals surface area contributed by atoms with Gasteiger partial charge >= 0.3 is 5.69 Å². The lowest BCUT2D eigenvalue weighted by Gasteiger charge is -2.25. The molecule has 0 fully saturated rings. The molecular weight excluding hydrogens is 496 g/mol. The van der Waals surface area contributed by atoms with Crippen molar-refractivity contribution in [2.24, 2.45) is 5.10 Å². The third-order valence-electron chi connectivity index (χ3n) is 4.86. The van der Waals surface area contributed by atoms with Gasteiger partial charge in [0.1, 0.15) is 6.54 Å². The standard InChI is InChI=1S/C23H21ClN4O6S/c1-16-8-10-18(24)13-20(16)27(35(32,33)19-6-4-3-5-7-19)15-23(29)26-25-14-17-9-11-22(34-2)21(12-17)28(30)31/h3-14H,15H2,1-2H3,(H,26,29)/b25-14-. The highest BCUT2D eigenvalue weighted by atomic mass is 35.5. The van der Waals surface area contributed by atoms with E-state index in [1.807, 2.05) is 0 Å². The van der Waals surface area contributed by atoms with Gasteiger partial charge in [0.25, 0.3) is 15.9 Å². The number of amides is 1. The van der Waals surface area contributed by atoms with Gasteiger partial charge in [-0.1, -0.05) is 35.9 Å². The molecular formula is C23H21ClN4O6S. The molecule has 12 heteroatoms. The van der Waals surface area contributed by atoms with E-state index in [1.165, 1.54) is 49.7 Å². The van der Waals surface area contributed by atoms with Gasteiger partial charge in [-0.3, -0.25) is 19.2 Å². The first kappa shape index (κ1) is 25.7. The highest BCUT2D eigenvalue weighted by Gasteiger charge is 2.28. The second-order valence-electron chi connectivity index (χ2n) is 7.24. The van der Waals surface area contributed by atoms with Crippen LogP contribution in [0, 0.1) is 17.0 Å². The number of aryl methyl sites for hydroxylation is 1. The molecule has 0 heterocycles. The summed E-state index contributed by atoms with van der Waals surface area (Å²) in [6.45, 7) is 1.12. The number of nitro benzene ring substituents is 1. The van der Waals surface area contributed by atoms with Crippen molar-refractivity contribution in [1.29, 1.82) is 0 Å². The van der Waals surface area contributed by atoms with Crippen molar-refractivity contribution in [3.8, 4) is 5.75 Å². The number of rotatable bonds is 9. The van der Waals surface area contributed by atoms with Crippen molar-refractivity contribution in [3.05, 3.63) is 93.0 Å². The second-order valence-corrected chi connectivity index (χ2v) is 9.54. The van der Waals surface area contributed by atoms with Gasteiger partial charge in [0.05, 0.1) is 28.8 Å². The SMILES string of the molecule is COc1ccc(/C=N\NC(=O)CN(c2cc(Cl)ccc2C)S(=O)(=O)c2ccccc2)cc1[N+](=O)[O-]. The Morgan fingerprint density at radius 2 is 1.89 bits per heavy atom. The van der Waals surface area contributed by atoms with E-state index in [9.17, 15) is 23.3 Å². The Labute approximate surface area is 207 Å². The second kappa shape index (κ2) is 11.0. The molecule has 0 bridgehead atoms. The Balaban J connectivity index is 1.86. The molecule has 182 valence electrons. The fraction of sp³-hybridized carbons (Fsp3) is 0.130. The molecule has 0 saturated carbocycles. The summed E-state index contributed by atoms with van der Waals surface area (Å²) in [5.41, 5.74) is 3.16. The summed E-state index contributed by atoms with van der Waals surface area (Å²) in [6, 6.07) is 16.6. The van der Waals surface area contributed by atoms with E-state index < -0.39 is 27.4 Å².